The monoisotopic (exact) mass is 421 g/mol. The van der Waals surface area contributed by atoms with E-state index in [4.69, 9.17) is 9.47 Å². The molecule has 0 aliphatic carbocycles. The van der Waals surface area contributed by atoms with Gasteiger partial charge in [0.25, 0.3) is 5.91 Å². The second kappa shape index (κ2) is 9.97. The van der Waals surface area contributed by atoms with E-state index in [1.54, 1.807) is 43.5 Å². The van der Waals surface area contributed by atoms with Crippen LogP contribution in [0.3, 0.4) is 0 Å². The summed E-state index contributed by atoms with van der Waals surface area (Å²) in [5.74, 6) is -1.45. The third-order valence-electron chi connectivity index (χ3n) is 4.11. The van der Waals surface area contributed by atoms with Gasteiger partial charge in [0.2, 0.25) is 5.88 Å². The van der Waals surface area contributed by atoms with Crippen LogP contribution in [0.1, 0.15) is 26.3 Å². The first kappa shape index (κ1) is 21.4. The van der Waals surface area contributed by atoms with Crippen molar-refractivity contribution >= 4 is 23.5 Å². The summed E-state index contributed by atoms with van der Waals surface area (Å²) in [7, 11) is 1.27. The zero-order valence-corrected chi connectivity index (χ0v) is 16.8. The van der Waals surface area contributed by atoms with Crippen LogP contribution < -0.4 is 10.1 Å². The van der Waals surface area contributed by atoms with Crippen LogP contribution in [0, 0.1) is 6.92 Å². The average molecular weight is 421 g/mol. The molecule has 0 radical (unpaired) electrons. The van der Waals surface area contributed by atoms with Gasteiger partial charge in [-0.2, -0.15) is 0 Å². The number of amides is 1. The van der Waals surface area contributed by atoms with Crippen LogP contribution in [0.25, 0.3) is 0 Å². The molecule has 1 N–H and O–H groups in total. The molecule has 31 heavy (non-hydrogen) atoms. The summed E-state index contributed by atoms with van der Waals surface area (Å²) in [6, 6.07) is 11.1. The van der Waals surface area contributed by atoms with E-state index in [1.807, 2.05) is 0 Å². The molecule has 3 aromatic rings. The molecular formula is C22H19N3O6. The molecule has 9 heteroatoms. The number of methoxy groups -OCH3 is 1. The number of ether oxygens (including phenoxy) is 3. The van der Waals surface area contributed by atoms with Crippen LogP contribution in [0.5, 0.6) is 11.6 Å². The molecule has 2 aromatic heterocycles. The van der Waals surface area contributed by atoms with Crippen molar-refractivity contribution in [3.05, 3.63) is 77.7 Å². The van der Waals surface area contributed by atoms with E-state index in [1.165, 1.54) is 31.6 Å². The molecule has 0 bridgehead atoms. The van der Waals surface area contributed by atoms with Crippen LogP contribution in [0.15, 0.2) is 61.1 Å². The second-order valence-corrected chi connectivity index (χ2v) is 6.29. The van der Waals surface area contributed by atoms with Gasteiger partial charge in [-0.25, -0.2) is 14.6 Å². The number of anilines is 1. The van der Waals surface area contributed by atoms with Crippen LogP contribution in [-0.4, -0.2) is 41.5 Å². The Kier molecular flexibility index (Phi) is 6.89. The van der Waals surface area contributed by atoms with Crippen molar-refractivity contribution in [3.63, 3.8) is 0 Å². The number of aryl methyl sites for hydroxylation is 1. The normalized spacial score (nSPS) is 10.1. The Morgan fingerprint density at radius 3 is 2.58 bits per heavy atom. The van der Waals surface area contributed by atoms with Gasteiger partial charge < -0.3 is 19.5 Å². The van der Waals surface area contributed by atoms with Gasteiger partial charge in [0.05, 0.1) is 18.9 Å². The Hall–Kier alpha value is -4.27. The van der Waals surface area contributed by atoms with E-state index in [2.05, 4.69) is 20.0 Å². The number of hydrogen-bond acceptors (Lipinski definition) is 8. The zero-order valence-electron chi connectivity index (χ0n) is 16.8. The minimum Gasteiger partial charge on any atom is -0.465 e. The van der Waals surface area contributed by atoms with E-state index < -0.39 is 24.5 Å². The number of rotatable bonds is 7. The van der Waals surface area contributed by atoms with Crippen LogP contribution in [0.2, 0.25) is 0 Å². The minimum absolute atomic E-state index is 0.0301. The molecule has 0 aliphatic rings. The molecule has 1 amide bonds. The first-order valence-electron chi connectivity index (χ1n) is 9.16. The first-order chi connectivity index (χ1) is 15.0. The number of benzene rings is 1. The maximum absolute atomic E-state index is 12.5. The summed E-state index contributed by atoms with van der Waals surface area (Å²) in [6.07, 6.45) is 4.52. The molecular weight excluding hydrogens is 402 g/mol. The van der Waals surface area contributed by atoms with Gasteiger partial charge in [0, 0.05) is 18.1 Å². The number of nitrogens with zero attached hydrogens (tertiary/aromatic N) is 2. The van der Waals surface area contributed by atoms with E-state index >= 15 is 0 Å². The number of pyridine rings is 2. The fourth-order valence-corrected chi connectivity index (χ4v) is 2.54. The lowest BCUT2D eigenvalue weighted by Crippen LogP contribution is -2.22. The zero-order chi connectivity index (χ0) is 22.2. The average Bonchev–Trinajstić information content (AvgIpc) is 2.79. The highest BCUT2D eigenvalue weighted by atomic mass is 16.5. The van der Waals surface area contributed by atoms with Gasteiger partial charge in [0.15, 0.2) is 6.61 Å². The molecule has 0 fully saturated rings. The van der Waals surface area contributed by atoms with Gasteiger partial charge in [-0.05, 0) is 48.9 Å². The van der Waals surface area contributed by atoms with Crippen molar-refractivity contribution in [1.29, 1.82) is 0 Å². The Morgan fingerprint density at radius 1 is 1.03 bits per heavy atom. The largest absolute Gasteiger partial charge is 0.465 e. The molecule has 9 nitrogen and oxygen atoms in total. The van der Waals surface area contributed by atoms with E-state index in [0.29, 0.717) is 11.4 Å². The number of carbonyl (C=O) groups excluding carboxylic acids is 3. The molecule has 2 heterocycles. The lowest BCUT2D eigenvalue weighted by atomic mass is 10.1. The number of esters is 2. The fourth-order valence-electron chi connectivity index (χ4n) is 2.54. The quantitative estimate of drug-likeness (QED) is 0.578. The SMILES string of the molecule is COC(=O)c1ccc(C)c(NC(=O)COC(=O)c2cccnc2Oc2cccnc2)c1. The Morgan fingerprint density at radius 2 is 1.84 bits per heavy atom. The molecule has 0 aliphatic heterocycles. The third-order valence-corrected chi connectivity index (χ3v) is 4.11. The summed E-state index contributed by atoms with van der Waals surface area (Å²) < 4.78 is 15.4. The molecule has 158 valence electrons. The van der Waals surface area contributed by atoms with Gasteiger partial charge in [0.1, 0.15) is 11.3 Å². The van der Waals surface area contributed by atoms with E-state index in [-0.39, 0.29) is 17.0 Å². The number of carbonyl (C=O) groups is 3. The van der Waals surface area contributed by atoms with Crippen molar-refractivity contribution < 1.29 is 28.6 Å². The summed E-state index contributed by atoms with van der Waals surface area (Å²) in [5, 5.41) is 2.61. The Balaban J connectivity index is 1.64. The third kappa shape index (κ3) is 5.63. The van der Waals surface area contributed by atoms with Crippen LogP contribution in [0.4, 0.5) is 5.69 Å². The molecule has 0 atom stereocenters. The van der Waals surface area contributed by atoms with Gasteiger partial charge in [-0.1, -0.05) is 6.07 Å². The number of aromatic nitrogens is 2. The standard InChI is InChI=1S/C22H19N3O6/c1-14-7-8-15(21(27)29-2)11-18(14)25-19(26)13-30-22(28)17-6-4-10-24-20(17)31-16-5-3-9-23-12-16/h3-12H,13H2,1-2H3,(H,25,26). The van der Waals surface area contributed by atoms with Crippen LogP contribution >= 0.6 is 0 Å². The predicted molar refractivity (Wildman–Crippen MR) is 110 cm³/mol. The van der Waals surface area contributed by atoms with Gasteiger partial charge in [-0.15, -0.1) is 0 Å². The molecule has 0 spiro atoms. The maximum atomic E-state index is 12.5. The summed E-state index contributed by atoms with van der Waals surface area (Å²) in [4.78, 5) is 44.4. The minimum atomic E-state index is -0.776. The Labute approximate surface area is 178 Å². The molecule has 0 saturated heterocycles. The van der Waals surface area contributed by atoms with Crippen molar-refractivity contribution in [3.8, 4) is 11.6 Å². The topological polar surface area (TPSA) is 117 Å². The highest BCUT2D eigenvalue weighted by Crippen LogP contribution is 2.23. The number of hydrogen-bond donors (Lipinski definition) is 1. The van der Waals surface area contributed by atoms with Crippen LogP contribution in [-0.2, 0) is 14.3 Å². The van der Waals surface area contributed by atoms with E-state index in [9.17, 15) is 14.4 Å². The molecule has 3 rings (SSSR count). The van der Waals surface area contributed by atoms with Gasteiger partial charge in [-0.3, -0.25) is 9.78 Å². The highest BCUT2D eigenvalue weighted by molar-refractivity contribution is 5.98. The number of nitrogens with one attached hydrogen (secondary N) is 1. The molecule has 0 saturated carbocycles. The predicted octanol–water partition coefficient (Wildman–Crippen LogP) is 3.16. The van der Waals surface area contributed by atoms with Crippen molar-refractivity contribution in [2.24, 2.45) is 0 Å². The first-order valence-corrected chi connectivity index (χ1v) is 9.16. The lowest BCUT2D eigenvalue weighted by Gasteiger charge is -2.11. The second-order valence-electron chi connectivity index (χ2n) is 6.29. The summed E-state index contributed by atoms with van der Waals surface area (Å²) in [6.45, 7) is 1.22. The van der Waals surface area contributed by atoms with E-state index in [0.717, 1.165) is 5.56 Å². The Bertz CT molecular complexity index is 1100. The molecule has 1 aromatic carbocycles. The van der Waals surface area contributed by atoms with Crippen molar-refractivity contribution in [2.75, 3.05) is 19.0 Å². The smallest absolute Gasteiger partial charge is 0.344 e. The maximum Gasteiger partial charge on any atom is 0.344 e. The summed E-state index contributed by atoms with van der Waals surface area (Å²) >= 11 is 0. The highest BCUT2D eigenvalue weighted by Gasteiger charge is 2.18. The van der Waals surface area contributed by atoms with Crippen molar-refractivity contribution in [2.45, 2.75) is 6.92 Å². The lowest BCUT2D eigenvalue weighted by molar-refractivity contribution is -0.119. The fraction of sp³-hybridized carbons (Fsp3) is 0.136. The van der Waals surface area contributed by atoms with Gasteiger partial charge >= 0.3 is 11.9 Å². The molecule has 0 unspecified atom stereocenters. The van der Waals surface area contributed by atoms with Crippen molar-refractivity contribution in [1.82, 2.24) is 9.97 Å². The summed E-state index contributed by atoms with van der Waals surface area (Å²) in [5.41, 5.74) is 1.48.